The molecule has 19 heavy (non-hydrogen) atoms. The van der Waals surface area contributed by atoms with E-state index in [-0.39, 0.29) is 17.8 Å². The van der Waals surface area contributed by atoms with Crippen molar-refractivity contribution in [3.05, 3.63) is 63.6 Å². The summed E-state index contributed by atoms with van der Waals surface area (Å²) in [6.07, 6.45) is 3.82. The van der Waals surface area contributed by atoms with Crippen LogP contribution in [-0.4, -0.2) is 4.98 Å². The van der Waals surface area contributed by atoms with Crippen molar-refractivity contribution in [2.24, 2.45) is 5.73 Å². The Morgan fingerprint density at radius 3 is 3.00 bits per heavy atom. The van der Waals surface area contributed by atoms with Crippen molar-refractivity contribution in [2.75, 3.05) is 0 Å². The normalized spacial score (nSPS) is 19.2. The van der Waals surface area contributed by atoms with E-state index in [1.165, 1.54) is 17.7 Å². The Balaban J connectivity index is 1.95. The molecule has 1 aliphatic carbocycles. The molecule has 2 aromatic rings. The first kappa shape index (κ1) is 12.8. The van der Waals surface area contributed by atoms with Crippen LogP contribution in [0.2, 0.25) is 0 Å². The molecule has 0 fully saturated rings. The predicted octanol–water partition coefficient (Wildman–Crippen LogP) is 3.71. The Morgan fingerprint density at radius 2 is 2.21 bits per heavy atom. The summed E-state index contributed by atoms with van der Waals surface area (Å²) in [5.41, 5.74) is 9.68. The van der Waals surface area contributed by atoms with Crippen LogP contribution >= 0.6 is 15.9 Å². The van der Waals surface area contributed by atoms with Gasteiger partial charge in [0.15, 0.2) is 0 Å². The maximum absolute atomic E-state index is 13.1. The number of benzene rings is 1. The molecule has 2 atom stereocenters. The molecule has 1 aliphatic rings. The van der Waals surface area contributed by atoms with Crippen molar-refractivity contribution in [1.29, 1.82) is 0 Å². The van der Waals surface area contributed by atoms with Crippen LogP contribution in [-0.2, 0) is 6.42 Å². The Kier molecular flexibility index (Phi) is 3.37. The van der Waals surface area contributed by atoms with Crippen LogP contribution < -0.4 is 5.73 Å². The zero-order valence-electron chi connectivity index (χ0n) is 10.3. The zero-order chi connectivity index (χ0) is 13.4. The first-order chi connectivity index (χ1) is 9.16. The number of hydrogen-bond acceptors (Lipinski definition) is 2. The lowest BCUT2D eigenvalue weighted by atomic mass is 9.91. The molecule has 1 aromatic heterocycles. The summed E-state index contributed by atoms with van der Waals surface area (Å²) in [5, 5.41) is 0. The van der Waals surface area contributed by atoms with Gasteiger partial charge < -0.3 is 5.73 Å². The van der Waals surface area contributed by atoms with Crippen LogP contribution in [0.1, 0.15) is 35.2 Å². The van der Waals surface area contributed by atoms with Crippen molar-refractivity contribution < 1.29 is 4.39 Å². The molecule has 1 aromatic carbocycles. The van der Waals surface area contributed by atoms with Gasteiger partial charge in [0.25, 0.3) is 0 Å². The highest BCUT2D eigenvalue weighted by atomic mass is 79.9. The number of halogens is 2. The molecule has 0 saturated carbocycles. The summed E-state index contributed by atoms with van der Waals surface area (Å²) in [5.74, 6) is -0.0502. The second kappa shape index (κ2) is 5.02. The number of nitrogens with zero attached hydrogens (tertiary/aromatic N) is 1. The average molecular weight is 321 g/mol. The number of hydrogen-bond donors (Lipinski definition) is 1. The molecule has 0 saturated heterocycles. The highest BCUT2D eigenvalue weighted by Crippen LogP contribution is 2.40. The van der Waals surface area contributed by atoms with E-state index in [1.807, 2.05) is 12.3 Å². The van der Waals surface area contributed by atoms with Crippen molar-refractivity contribution in [3.8, 4) is 0 Å². The van der Waals surface area contributed by atoms with Crippen LogP contribution in [0.25, 0.3) is 0 Å². The van der Waals surface area contributed by atoms with Crippen LogP contribution in [0.15, 0.2) is 41.0 Å². The number of rotatable bonds is 2. The fourth-order valence-corrected chi connectivity index (χ4v) is 3.40. The van der Waals surface area contributed by atoms with Gasteiger partial charge in [-0.1, -0.05) is 28.1 Å². The van der Waals surface area contributed by atoms with E-state index in [0.717, 1.165) is 28.6 Å². The molecule has 2 unspecified atom stereocenters. The van der Waals surface area contributed by atoms with Crippen LogP contribution in [0.5, 0.6) is 0 Å². The van der Waals surface area contributed by atoms with Gasteiger partial charge in [0.2, 0.25) is 0 Å². The highest BCUT2D eigenvalue weighted by molar-refractivity contribution is 9.10. The third kappa shape index (κ3) is 2.30. The first-order valence-corrected chi connectivity index (χ1v) is 7.10. The third-order valence-electron chi connectivity index (χ3n) is 3.76. The zero-order valence-corrected chi connectivity index (χ0v) is 11.9. The van der Waals surface area contributed by atoms with E-state index in [9.17, 15) is 4.39 Å². The minimum atomic E-state index is -0.257. The molecule has 4 heteroatoms. The van der Waals surface area contributed by atoms with Crippen molar-refractivity contribution in [3.63, 3.8) is 0 Å². The lowest BCUT2D eigenvalue weighted by Crippen LogP contribution is -2.19. The molecule has 98 valence electrons. The lowest BCUT2D eigenvalue weighted by Gasteiger charge is -2.21. The van der Waals surface area contributed by atoms with E-state index in [1.54, 1.807) is 6.07 Å². The minimum Gasteiger partial charge on any atom is -0.323 e. The molecule has 0 bridgehead atoms. The van der Waals surface area contributed by atoms with Gasteiger partial charge in [-0.25, -0.2) is 4.39 Å². The minimum absolute atomic E-state index is 0.161. The fraction of sp³-hybridized carbons (Fsp3) is 0.267. The van der Waals surface area contributed by atoms with Crippen molar-refractivity contribution in [2.45, 2.75) is 24.8 Å². The molecule has 2 nitrogen and oxygen atoms in total. The average Bonchev–Trinajstić information content (AvgIpc) is 2.82. The predicted molar refractivity (Wildman–Crippen MR) is 76.3 cm³/mol. The van der Waals surface area contributed by atoms with Crippen LogP contribution in [0.4, 0.5) is 4.39 Å². The van der Waals surface area contributed by atoms with Gasteiger partial charge in [-0.05, 0) is 42.2 Å². The molecule has 1 heterocycles. The van der Waals surface area contributed by atoms with E-state index in [2.05, 4.69) is 27.0 Å². The van der Waals surface area contributed by atoms with Crippen LogP contribution in [0, 0.1) is 5.82 Å². The van der Waals surface area contributed by atoms with Gasteiger partial charge in [-0.3, -0.25) is 4.98 Å². The second-order valence-corrected chi connectivity index (χ2v) is 5.74. The second-order valence-electron chi connectivity index (χ2n) is 4.88. The lowest BCUT2D eigenvalue weighted by molar-refractivity contribution is 0.537. The third-order valence-corrected chi connectivity index (χ3v) is 4.44. The Bertz CT molecular complexity index is 615. The maximum Gasteiger partial charge on any atom is 0.124 e. The van der Waals surface area contributed by atoms with Gasteiger partial charge in [-0.2, -0.15) is 0 Å². The SMILES string of the molecule is NC(c1ccc(F)cc1Br)C1CCc2cccnc21. The molecular formula is C15H14BrFN2. The number of pyridine rings is 1. The van der Waals surface area contributed by atoms with Gasteiger partial charge in [0, 0.05) is 28.3 Å². The van der Waals surface area contributed by atoms with Crippen molar-refractivity contribution >= 4 is 15.9 Å². The molecule has 3 rings (SSSR count). The summed E-state index contributed by atoms with van der Waals surface area (Å²) in [6, 6.07) is 8.57. The summed E-state index contributed by atoms with van der Waals surface area (Å²) < 4.78 is 13.9. The topological polar surface area (TPSA) is 38.9 Å². The van der Waals surface area contributed by atoms with Gasteiger partial charge >= 0.3 is 0 Å². The van der Waals surface area contributed by atoms with Gasteiger partial charge in [-0.15, -0.1) is 0 Å². The van der Waals surface area contributed by atoms with E-state index in [4.69, 9.17) is 5.73 Å². The summed E-state index contributed by atoms with van der Waals surface area (Å²) >= 11 is 3.39. The van der Waals surface area contributed by atoms with E-state index < -0.39 is 0 Å². The number of fused-ring (bicyclic) bond motifs is 1. The molecule has 2 N–H and O–H groups in total. The first-order valence-electron chi connectivity index (χ1n) is 6.31. The summed E-state index contributed by atoms with van der Waals surface area (Å²) in [6.45, 7) is 0. The molecule has 0 radical (unpaired) electrons. The Labute approximate surface area is 120 Å². The standard InChI is InChI=1S/C15H14BrFN2/c16-13-8-10(17)4-6-11(13)14(18)12-5-3-9-2-1-7-19-15(9)12/h1-2,4,6-8,12,14H,3,5,18H2. The highest BCUT2D eigenvalue weighted by Gasteiger charge is 2.30. The summed E-state index contributed by atoms with van der Waals surface area (Å²) in [7, 11) is 0. The molecule has 0 aliphatic heterocycles. The van der Waals surface area contributed by atoms with E-state index in [0.29, 0.717) is 0 Å². The number of aromatic nitrogens is 1. The number of aryl methyl sites for hydroxylation is 1. The Hall–Kier alpha value is -1.26. The van der Waals surface area contributed by atoms with Gasteiger partial charge in [0.05, 0.1) is 0 Å². The largest absolute Gasteiger partial charge is 0.323 e. The molecular weight excluding hydrogens is 307 g/mol. The number of nitrogens with two attached hydrogens (primary N) is 1. The Morgan fingerprint density at radius 1 is 1.37 bits per heavy atom. The maximum atomic E-state index is 13.1. The van der Waals surface area contributed by atoms with Gasteiger partial charge in [0.1, 0.15) is 5.82 Å². The van der Waals surface area contributed by atoms with Crippen LogP contribution in [0.3, 0.4) is 0 Å². The fourth-order valence-electron chi connectivity index (χ4n) is 2.78. The van der Waals surface area contributed by atoms with Crippen molar-refractivity contribution in [1.82, 2.24) is 4.98 Å². The molecule has 0 amide bonds. The smallest absolute Gasteiger partial charge is 0.124 e. The quantitative estimate of drug-likeness (QED) is 0.916. The summed E-state index contributed by atoms with van der Waals surface area (Å²) in [4.78, 5) is 4.47. The monoisotopic (exact) mass is 320 g/mol. The van der Waals surface area contributed by atoms with E-state index >= 15 is 0 Å². The molecule has 0 spiro atoms.